The van der Waals surface area contributed by atoms with E-state index in [9.17, 15) is 0 Å². The average molecular weight is 535 g/mol. The Balaban J connectivity index is 1.78. The summed E-state index contributed by atoms with van der Waals surface area (Å²) in [4.78, 5) is 14.7. The zero-order chi connectivity index (χ0) is 27.5. The number of hydrogen-bond donors (Lipinski definition) is 0. The largest absolute Gasteiger partial charge is 0.497 e. The minimum Gasteiger partial charge on any atom is -0.497 e. The van der Waals surface area contributed by atoms with Gasteiger partial charge in [-0.2, -0.15) is 5.10 Å². The van der Waals surface area contributed by atoms with Gasteiger partial charge in [0.25, 0.3) is 0 Å². The number of aryl methyl sites for hydroxylation is 2. The summed E-state index contributed by atoms with van der Waals surface area (Å²) in [6, 6.07) is 9.53. The van der Waals surface area contributed by atoms with E-state index in [-0.39, 0.29) is 5.04 Å². The highest BCUT2D eigenvalue weighted by atomic mass is 28.4. The third-order valence-electron chi connectivity index (χ3n) is 7.08. The summed E-state index contributed by atoms with van der Waals surface area (Å²) < 4.78 is 21.2. The van der Waals surface area contributed by atoms with Gasteiger partial charge in [-0.15, -0.1) is 0 Å². The lowest BCUT2D eigenvalue weighted by molar-refractivity contribution is 0.275. The number of methoxy groups -OCH3 is 2. The quantitative estimate of drug-likeness (QED) is 0.208. The molecule has 0 spiro atoms. The Morgan fingerprint density at radius 3 is 2.32 bits per heavy atom. The molecule has 202 valence electrons. The lowest BCUT2D eigenvalue weighted by Gasteiger charge is -2.36. The van der Waals surface area contributed by atoms with Gasteiger partial charge < -0.3 is 18.5 Å². The molecule has 0 amide bonds. The topological polar surface area (TPSA) is 88.6 Å². The summed E-state index contributed by atoms with van der Waals surface area (Å²) >= 11 is 0. The number of rotatable bonds is 9. The Morgan fingerprint density at radius 2 is 1.71 bits per heavy atom. The molecule has 3 aromatic heterocycles. The van der Waals surface area contributed by atoms with Crippen LogP contribution in [0.15, 0.2) is 53.9 Å². The van der Waals surface area contributed by atoms with Crippen molar-refractivity contribution in [2.24, 2.45) is 12.0 Å². The van der Waals surface area contributed by atoms with Gasteiger partial charge in [-0.3, -0.25) is 9.67 Å². The van der Waals surface area contributed by atoms with Crippen LogP contribution in [-0.4, -0.2) is 53.5 Å². The standard InChI is InChI=1S/C28H38N6O3Si/c1-28(2,3)38(7,8)37-13-9-12-34-26(31-21-14-22(35-5)16-23(15-21)36-6)11-10-24-27(34)32-25(18-29-24)20-17-30-33(4)19-20/h10-11,14-19H,9,12-13H2,1-8H3/b31-26+. The highest BCUT2D eigenvalue weighted by Gasteiger charge is 2.36. The number of fused-ring (bicyclic) bond motifs is 1. The molecular weight excluding hydrogens is 496 g/mol. The van der Waals surface area contributed by atoms with Crippen molar-refractivity contribution in [3.63, 3.8) is 0 Å². The number of ether oxygens (including phenoxy) is 2. The second-order valence-electron chi connectivity index (χ2n) is 10.9. The lowest BCUT2D eigenvalue weighted by atomic mass is 10.2. The first-order valence-corrected chi connectivity index (χ1v) is 15.7. The zero-order valence-corrected chi connectivity index (χ0v) is 24.6. The fourth-order valence-corrected chi connectivity index (χ4v) is 4.91. The molecular formula is C28H38N6O3Si. The highest BCUT2D eigenvalue weighted by Crippen LogP contribution is 2.36. The maximum atomic E-state index is 6.46. The highest BCUT2D eigenvalue weighted by molar-refractivity contribution is 6.74. The molecule has 9 nitrogen and oxygen atoms in total. The van der Waals surface area contributed by atoms with E-state index >= 15 is 0 Å². The molecule has 0 N–H and O–H groups in total. The van der Waals surface area contributed by atoms with E-state index in [0.29, 0.717) is 24.7 Å². The second kappa shape index (κ2) is 11.1. The lowest BCUT2D eigenvalue weighted by Crippen LogP contribution is -2.41. The minimum atomic E-state index is -1.84. The molecule has 0 unspecified atom stereocenters. The number of hydrogen-bond acceptors (Lipinski definition) is 7. The van der Waals surface area contributed by atoms with E-state index in [4.69, 9.17) is 28.9 Å². The van der Waals surface area contributed by atoms with Gasteiger partial charge in [0.2, 0.25) is 0 Å². The van der Waals surface area contributed by atoms with Crippen molar-refractivity contribution in [1.82, 2.24) is 24.3 Å². The van der Waals surface area contributed by atoms with E-state index in [1.807, 2.05) is 43.6 Å². The molecule has 0 aliphatic rings. The van der Waals surface area contributed by atoms with Gasteiger partial charge in [-0.1, -0.05) is 20.8 Å². The van der Waals surface area contributed by atoms with Gasteiger partial charge in [0, 0.05) is 50.2 Å². The first kappa shape index (κ1) is 27.5. The molecule has 0 bridgehead atoms. The fraction of sp³-hybridized carbons (Fsp3) is 0.429. The molecule has 38 heavy (non-hydrogen) atoms. The first-order valence-electron chi connectivity index (χ1n) is 12.8. The SMILES string of the molecule is COc1cc(/N=c2\ccc3ncc(-c4cnn(C)c4)nc3n2CCCO[Si](C)(C)C(C)(C)C)cc(OC)c1. The molecule has 4 aromatic rings. The minimum absolute atomic E-state index is 0.162. The van der Waals surface area contributed by atoms with Gasteiger partial charge >= 0.3 is 0 Å². The van der Waals surface area contributed by atoms with Crippen molar-refractivity contribution in [1.29, 1.82) is 0 Å². The van der Waals surface area contributed by atoms with Crippen LogP contribution in [0.4, 0.5) is 5.69 Å². The monoisotopic (exact) mass is 534 g/mol. The van der Waals surface area contributed by atoms with Crippen LogP contribution in [0.2, 0.25) is 18.1 Å². The van der Waals surface area contributed by atoms with E-state index < -0.39 is 8.32 Å². The maximum absolute atomic E-state index is 6.46. The van der Waals surface area contributed by atoms with Crippen LogP contribution >= 0.6 is 0 Å². The van der Waals surface area contributed by atoms with Gasteiger partial charge in [0.1, 0.15) is 22.5 Å². The van der Waals surface area contributed by atoms with Crippen LogP contribution in [0.5, 0.6) is 11.5 Å². The van der Waals surface area contributed by atoms with Crippen LogP contribution in [0.25, 0.3) is 22.4 Å². The summed E-state index contributed by atoms with van der Waals surface area (Å²) in [5, 5.41) is 4.45. The smallest absolute Gasteiger partial charge is 0.191 e. The van der Waals surface area contributed by atoms with E-state index in [1.54, 1.807) is 31.3 Å². The third-order valence-corrected chi connectivity index (χ3v) is 11.6. The molecule has 0 fully saturated rings. The molecule has 0 atom stereocenters. The van der Waals surface area contributed by atoms with E-state index in [0.717, 1.165) is 40.0 Å². The molecule has 0 aliphatic carbocycles. The van der Waals surface area contributed by atoms with E-state index in [2.05, 4.69) is 43.5 Å². The molecule has 0 radical (unpaired) electrons. The molecule has 3 heterocycles. The third kappa shape index (κ3) is 6.13. The molecule has 0 saturated carbocycles. The Kier molecular flexibility index (Phi) is 8.03. The Morgan fingerprint density at radius 1 is 1.00 bits per heavy atom. The summed E-state index contributed by atoms with van der Waals surface area (Å²) in [5.74, 6) is 1.36. The van der Waals surface area contributed by atoms with Gasteiger partial charge in [0.05, 0.1) is 38.0 Å². The van der Waals surface area contributed by atoms with Crippen molar-refractivity contribution in [2.45, 2.75) is 51.9 Å². The summed E-state index contributed by atoms with van der Waals surface area (Å²) in [5.41, 5.74) is 4.72. The Bertz CT molecular complexity index is 1460. The number of aromatic nitrogens is 5. The number of pyridine rings is 1. The van der Waals surface area contributed by atoms with Crippen LogP contribution in [0.3, 0.4) is 0 Å². The second-order valence-corrected chi connectivity index (χ2v) is 15.7. The van der Waals surface area contributed by atoms with Crippen molar-refractivity contribution in [3.05, 3.63) is 54.4 Å². The maximum Gasteiger partial charge on any atom is 0.191 e. The predicted molar refractivity (Wildman–Crippen MR) is 152 cm³/mol. The van der Waals surface area contributed by atoms with Crippen molar-refractivity contribution >= 4 is 25.2 Å². The van der Waals surface area contributed by atoms with Crippen molar-refractivity contribution in [2.75, 3.05) is 20.8 Å². The molecule has 4 rings (SSSR count). The number of nitrogens with zero attached hydrogens (tertiary/aromatic N) is 6. The Hall–Kier alpha value is -3.50. The van der Waals surface area contributed by atoms with E-state index in [1.165, 1.54) is 0 Å². The van der Waals surface area contributed by atoms with Crippen LogP contribution in [-0.2, 0) is 18.0 Å². The number of benzene rings is 1. The molecule has 0 aliphatic heterocycles. The summed E-state index contributed by atoms with van der Waals surface area (Å²) in [6.45, 7) is 12.7. The van der Waals surface area contributed by atoms with Gasteiger partial charge in [-0.05, 0) is 36.7 Å². The van der Waals surface area contributed by atoms with Crippen molar-refractivity contribution < 1.29 is 13.9 Å². The Labute approximate surface area is 225 Å². The normalized spacial score (nSPS) is 12.8. The van der Waals surface area contributed by atoms with Gasteiger partial charge in [-0.25, -0.2) is 9.98 Å². The summed E-state index contributed by atoms with van der Waals surface area (Å²) in [7, 11) is 3.31. The van der Waals surface area contributed by atoms with Crippen LogP contribution in [0.1, 0.15) is 27.2 Å². The predicted octanol–water partition coefficient (Wildman–Crippen LogP) is 5.49. The average Bonchev–Trinajstić information content (AvgIpc) is 3.32. The molecule has 0 saturated heterocycles. The molecule has 10 heteroatoms. The van der Waals surface area contributed by atoms with Crippen LogP contribution < -0.4 is 15.0 Å². The molecule has 1 aromatic carbocycles. The zero-order valence-electron chi connectivity index (χ0n) is 23.6. The fourth-order valence-electron chi connectivity index (χ4n) is 3.82. The first-order chi connectivity index (χ1) is 18.0. The van der Waals surface area contributed by atoms with Gasteiger partial charge in [0.15, 0.2) is 14.0 Å². The van der Waals surface area contributed by atoms with Crippen LogP contribution in [0, 0.1) is 0 Å². The summed E-state index contributed by atoms with van der Waals surface area (Å²) in [6.07, 6.45) is 6.33. The van der Waals surface area contributed by atoms with Crippen molar-refractivity contribution in [3.8, 4) is 22.8 Å².